The first-order chi connectivity index (χ1) is 39.3. The molecule has 0 aromatic rings. The molecule has 1 saturated heterocycles. The molecule has 0 radical (unpaired) electrons. The number of aliphatic hydroxyl groups excluding tert-OH is 5. The highest BCUT2D eigenvalue weighted by atomic mass is 16.7. The normalized spacial score (nSPS) is 18.8. The third kappa shape index (κ3) is 48.3. The number of allylic oxidation sites excluding steroid dienone is 10. The number of unbranched alkanes of at least 4 members (excludes halogenated alkanes) is 40. The van der Waals surface area contributed by atoms with Crippen LogP contribution in [0.25, 0.3) is 0 Å². The number of ether oxygens (including phenoxy) is 2. The monoisotopic (exact) mass is 1130 g/mol. The Labute approximate surface area is 494 Å². The summed E-state index contributed by atoms with van der Waals surface area (Å²) in [5.41, 5.74) is 0. The zero-order chi connectivity index (χ0) is 57.9. The summed E-state index contributed by atoms with van der Waals surface area (Å²) in [6.45, 7) is 3.76. The zero-order valence-corrected chi connectivity index (χ0v) is 52.3. The van der Waals surface area contributed by atoms with Crippen molar-refractivity contribution in [3.63, 3.8) is 0 Å². The minimum absolute atomic E-state index is 0.139. The fraction of sp³-hybridized carbons (Fsp3) is 0.845. The predicted molar refractivity (Wildman–Crippen MR) is 341 cm³/mol. The average Bonchev–Trinajstić information content (AvgIpc) is 3.46. The van der Waals surface area contributed by atoms with Crippen LogP contribution in [0.5, 0.6) is 0 Å². The lowest BCUT2D eigenvalue weighted by atomic mass is 9.99. The first-order valence-electron chi connectivity index (χ1n) is 34.5. The summed E-state index contributed by atoms with van der Waals surface area (Å²) in [4.78, 5) is 13.1. The Morgan fingerprint density at radius 3 is 1.15 bits per heavy atom. The summed E-state index contributed by atoms with van der Waals surface area (Å²) in [6, 6.07) is -0.725. The third-order valence-corrected chi connectivity index (χ3v) is 16.4. The number of amides is 1. The summed E-state index contributed by atoms with van der Waals surface area (Å²) >= 11 is 0. The smallest absolute Gasteiger partial charge is 0.220 e. The van der Waals surface area contributed by atoms with Crippen molar-refractivity contribution < 1.29 is 39.8 Å². The number of aliphatic hydroxyl groups is 5. The lowest BCUT2D eigenvalue weighted by Crippen LogP contribution is -2.60. The van der Waals surface area contributed by atoms with E-state index in [1.807, 2.05) is 0 Å². The molecule has 1 aliphatic rings. The number of nitrogens with one attached hydrogen (secondary N) is 1. The maximum absolute atomic E-state index is 13.1. The van der Waals surface area contributed by atoms with Crippen molar-refractivity contribution in [1.82, 2.24) is 5.32 Å². The molecular weight excluding hydrogens is 995 g/mol. The van der Waals surface area contributed by atoms with Crippen molar-refractivity contribution in [3.05, 3.63) is 60.8 Å². The van der Waals surface area contributed by atoms with Crippen LogP contribution in [0, 0.1) is 0 Å². The van der Waals surface area contributed by atoms with E-state index < -0.39 is 49.5 Å². The van der Waals surface area contributed by atoms with Gasteiger partial charge in [0, 0.05) is 6.42 Å². The van der Waals surface area contributed by atoms with Crippen LogP contribution >= 0.6 is 0 Å². The van der Waals surface area contributed by atoms with Crippen molar-refractivity contribution in [2.24, 2.45) is 0 Å². The molecule has 0 bridgehead atoms. The van der Waals surface area contributed by atoms with Gasteiger partial charge in [-0.1, -0.05) is 325 Å². The van der Waals surface area contributed by atoms with Crippen molar-refractivity contribution >= 4 is 5.91 Å². The molecule has 9 heteroatoms. The van der Waals surface area contributed by atoms with Crippen LogP contribution in [0.2, 0.25) is 0 Å². The van der Waals surface area contributed by atoms with Crippen LogP contribution < -0.4 is 5.32 Å². The van der Waals surface area contributed by atoms with E-state index >= 15 is 0 Å². The minimum Gasteiger partial charge on any atom is -0.394 e. The highest BCUT2D eigenvalue weighted by Crippen LogP contribution is 2.24. The molecule has 1 rings (SSSR count). The van der Waals surface area contributed by atoms with E-state index in [1.165, 1.54) is 231 Å². The second-order valence-corrected chi connectivity index (χ2v) is 23.9. The molecule has 1 fully saturated rings. The first-order valence-corrected chi connectivity index (χ1v) is 34.5. The van der Waals surface area contributed by atoms with Crippen LogP contribution in [0.1, 0.15) is 328 Å². The predicted octanol–water partition coefficient (Wildman–Crippen LogP) is 18.6. The lowest BCUT2D eigenvalue weighted by molar-refractivity contribution is -0.302. The first kappa shape index (κ1) is 75.9. The van der Waals surface area contributed by atoms with E-state index in [1.54, 1.807) is 0 Å². The van der Waals surface area contributed by atoms with Gasteiger partial charge in [-0.2, -0.15) is 0 Å². The summed E-state index contributed by atoms with van der Waals surface area (Å²) in [5, 5.41) is 54.9. The maximum atomic E-state index is 13.1. The summed E-state index contributed by atoms with van der Waals surface area (Å²) in [6.07, 6.45) is 75.7. The highest BCUT2D eigenvalue weighted by molar-refractivity contribution is 5.76. The van der Waals surface area contributed by atoms with Crippen molar-refractivity contribution in [2.45, 2.75) is 371 Å². The molecule has 0 spiro atoms. The van der Waals surface area contributed by atoms with Crippen LogP contribution in [-0.4, -0.2) is 87.5 Å². The molecule has 0 aromatic heterocycles. The molecule has 1 aliphatic heterocycles. The molecule has 1 heterocycles. The number of carbonyl (C=O) groups excluding carboxylic acids is 1. The Morgan fingerprint density at radius 1 is 0.438 bits per heavy atom. The van der Waals surface area contributed by atoms with E-state index in [9.17, 15) is 30.3 Å². The van der Waals surface area contributed by atoms with Crippen molar-refractivity contribution in [2.75, 3.05) is 13.2 Å². The number of rotatable bonds is 60. The molecule has 7 unspecified atom stereocenters. The van der Waals surface area contributed by atoms with E-state index in [4.69, 9.17) is 9.47 Å². The average molecular weight is 1130 g/mol. The topological polar surface area (TPSA) is 149 Å². The fourth-order valence-corrected chi connectivity index (χ4v) is 11.0. The number of hydrogen-bond donors (Lipinski definition) is 6. The van der Waals surface area contributed by atoms with Gasteiger partial charge < -0.3 is 40.3 Å². The third-order valence-electron chi connectivity index (χ3n) is 16.4. The Balaban J connectivity index is 2.13. The van der Waals surface area contributed by atoms with Gasteiger partial charge in [-0.15, -0.1) is 0 Å². The van der Waals surface area contributed by atoms with Gasteiger partial charge in [0.05, 0.1) is 25.4 Å². The SMILES string of the molecule is CC/C=C\C/C=C\C/C=C\C/C=C\C/C=C\CCCCCCCCCCCCCC(=O)NC(COC1OC(CO)C(O)C(O)C1O)C(O)CCCCCCCCCCCCCCCCCCCCCCCCCCCCCCCC. The lowest BCUT2D eigenvalue weighted by Gasteiger charge is -2.40. The molecule has 0 saturated carbocycles. The van der Waals surface area contributed by atoms with E-state index in [0.29, 0.717) is 12.8 Å². The van der Waals surface area contributed by atoms with Gasteiger partial charge in [0.15, 0.2) is 6.29 Å². The fourth-order valence-electron chi connectivity index (χ4n) is 11.0. The zero-order valence-electron chi connectivity index (χ0n) is 52.3. The standard InChI is InChI=1S/C71H131NO8/c1-3-5-7-9-11-13-15-17-19-21-23-25-27-29-31-32-33-35-36-38-40-42-44-46-48-50-52-54-56-58-60-65(74)64(63-79-71-70(78)69(77)68(76)66(62-73)80-71)72-67(75)61-59-57-55-53-51-49-47-45-43-41-39-37-34-30-28-26-24-22-20-18-16-14-12-10-8-6-4-2/h6,8,12,14,18,20,24,26,30,34,64-66,68-71,73-74,76-78H,3-5,7,9-11,13,15-17,19,21-23,25,27-29,31-33,35-63H2,1-2H3,(H,72,75)/b8-6-,14-12-,20-18-,26-24-,34-30-. The summed E-state index contributed by atoms with van der Waals surface area (Å²) in [5.74, 6) is -0.145. The van der Waals surface area contributed by atoms with Gasteiger partial charge >= 0.3 is 0 Å². The molecule has 9 nitrogen and oxygen atoms in total. The molecular formula is C71H131NO8. The van der Waals surface area contributed by atoms with E-state index in [2.05, 4.69) is 79.9 Å². The molecule has 468 valence electrons. The summed E-state index contributed by atoms with van der Waals surface area (Å²) in [7, 11) is 0. The van der Waals surface area contributed by atoms with Crippen LogP contribution in [0.3, 0.4) is 0 Å². The van der Waals surface area contributed by atoms with Gasteiger partial charge in [-0.05, 0) is 57.8 Å². The van der Waals surface area contributed by atoms with Crippen molar-refractivity contribution in [3.8, 4) is 0 Å². The largest absolute Gasteiger partial charge is 0.394 e. The summed E-state index contributed by atoms with van der Waals surface area (Å²) < 4.78 is 11.4. The highest BCUT2D eigenvalue weighted by Gasteiger charge is 2.44. The van der Waals surface area contributed by atoms with Gasteiger partial charge in [-0.25, -0.2) is 0 Å². The molecule has 1 amide bonds. The van der Waals surface area contributed by atoms with Gasteiger partial charge in [0.1, 0.15) is 24.4 Å². The van der Waals surface area contributed by atoms with Crippen molar-refractivity contribution in [1.29, 1.82) is 0 Å². The van der Waals surface area contributed by atoms with Crippen LogP contribution in [0.4, 0.5) is 0 Å². The van der Waals surface area contributed by atoms with Gasteiger partial charge in [0.2, 0.25) is 5.91 Å². The number of carbonyl (C=O) groups is 1. The molecule has 0 aromatic carbocycles. The Bertz CT molecular complexity index is 1450. The Hall–Kier alpha value is -2.11. The second-order valence-electron chi connectivity index (χ2n) is 23.9. The van der Waals surface area contributed by atoms with Crippen LogP contribution in [-0.2, 0) is 14.3 Å². The molecule has 80 heavy (non-hydrogen) atoms. The maximum Gasteiger partial charge on any atom is 0.220 e. The van der Waals surface area contributed by atoms with E-state index in [0.717, 1.165) is 70.6 Å². The van der Waals surface area contributed by atoms with Gasteiger partial charge in [-0.3, -0.25) is 4.79 Å². The molecule has 6 N–H and O–H groups in total. The molecule has 7 atom stereocenters. The molecule has 0 aliphatic carbocycles. The quantitative estimate of drug-likeness (QED) is 0.0261. The number of hydrogen-bond acceptors (Lipinski definition) is 8. The Kier molecular flexibility index (Phi) is 57.0. The second kappa shape index (κ2) is 60.0. The van der Waals surface area contributed by atoms with Crippen LogP contribution in [0.15, 0.2) is 60.8 Å². The van der Waals surface area contributed by atoms with Gasteiger partial charge in [0.25, 0.3) is 0 Å². The van der Waals surface area contributed by atoms with E-state index in [-0.39, 0.29) is 12.5 Å². The Morgan fingerprint density at radius 2 is 0.775 bits per heavy atom. The minimum atomic E-state index is -1.56.